The van der Waals surface area contributed by atoms with E-state index in [4.69, 9.17) is 5.73 Å². The molecule has 8 heteroatoms. The maximum atomic E-state index is 12.4. The molecule has 3 aromatic rings. The molecule has 134 valence electrons. The summed E-state index contributed by atoms with van der Waals surface area (Å²) in [7, 11) is 2.00. The van der Waals surface area contributed by atoms with Crippen LogP contribution in [0, 0.1) is 6.92 Å². The lowest BCUT2D eigenvalue weighted by Gasteiger charge is -2.17. The third-order valence-electron chi connectivity index (χ3n) is 3.68. The Morgan fingerprint density at radius 1 is 1.19 bits per heavy atom. The molecule has 0 spiro atoms. The molecule has 0 aliphatic heterocycles. The van der Waals surface area contributed by atoms with Crippen molar-refractivity contribution < 1.29 is 4.79 Å². The number of hydrogen-bond donors (Lipinski definition) is 2. The number of nitrogens with one attached hydrogen (secondary N) is 1. The van der Waals surface area contributed by atoms with Crippen LogP contribution in [0.25, 0.3) is 0 Å². The number of amides is 1. The van der Waals surface area contributed by atoms with Gasteiger partial charge >= 0.3 is 0 Å². The minimum atomic E-state index is -0.134. The Bertz CT molecular complexity index is 893. The van der Waals surface area contributed by atoms with E-state index in [0.29, 0.717) is 18.7 Å². The minimum absolute atomic E-state index is 0.134. The van der Waals surface area contributed by atoms with Gasteiger partial charge < -0.3 is 11.1 Å². The average Bonchev–Trinajstić information content (AvgIpc) is 3.02. The maximum Gasteiger partial charge on any atom is 0.256 e. The summed E-state index contributed by atoms with van der Waals surface area (Å²) in [6, 6.07) is 9.46. The lowest BCUT2D eigenvalue weighted by molar-refractivity contribution is 0.102. The van der Waals surface area contributed by atoms with Crippen LogP contribution in [0.4, 0.5) is 10.9 Å². The first kappa shape index (κ1) is 18.0. The molecular weight excluding hydrogens is 348 g/mol. The minimum Gasteiger partial charge on any atom is -0.368 e. The van der Waals surface area contributed by atoms with Crippen LogP contribution in [-0.2, 0) is 13.1 Å². The molecule has 0 fully saturated rings. The Labute approximate surface area is 156 Å². The molecule has 3 N–H and O–H groups in total. The van der Waals surface area contributed by atoms with Crippen molar-refractivity contribution in [3.05, 3.63) is 65.1 Å². The summed E-state index contributed by atoms with van der Waals surface area (Å²) in [6.07, 6.45) is 3.44. The van der Waals surface area contributed by atoms with Crippen molar-refractivity contribution in [1.82, 2.24) is 19.2 Å². The monoisotopic (exact) mass is 368 g/mol. The van der Waals surface area contributed by atoms with E-state index in [9.17, 15) is 4.79 Å². The predicted octanol–water partition coefficient (Wildman–Crippen LogP) is 2.71. The molecule has 1 amide bonds. The first-order valence-electron chi connectivity index (χ1n) is 8.08. The van der Waals surface area contributed by atoms with Crippen molar-refractivity contribution >= 4 is 28.4 Å². The van der Waals surface area contributed by atoms with Crippen molar-refractivity contribution in [2.24, 2.45) is 0 Å². The second-order valence-electron chi connectivity index (χ2n) is 6.11. The van der Waals surface area contributed by atoms with E-state index >= 15 is 0 Å². The molecule has 26 heavy (non-hydrogen) atoms. The van der Waals surface area contributed by atoms with Gasteiger partial charge in [-0.05, 0) is 49.3 Å². The summed E-state index contributed by atoms with van der Waals surface area (Å²) in [6.45, 7) is 3.29. The fourth-order valence-corrected chi connectivity index (χ4v) is 3.20. The highest BCUT2D eigenvalue weighted by molar-refractivity contribution is 7.10. The molecule has 2 aromatic heterocycles. The number of rotatable bonds is 6. The first-order chi connectivity index (χ1) is 12.5. The fraction of sp³-hybridized carbons (Fsp3) is 0.222. The van der Waals surface area contributed by atoms with E-state index in [0.717, 1.165) is 21.8 Å². The van der Waals surface area contributed by atoms with E-state index in [2.05, 4.69) is 24.6 Å². The highest BCUT2D eigenvalue weighted by atomic mass is 32.1. The van der Waals surface area contributed by atoms with Crippen molar-refractivity contribution in [1.29, 1.82) is 0 Å². The highest BCUT2D eigenvalue weighted by Crippen LogP contribution is 2.17. The van der Waals surface area contributed by atoms with Crippen molar-refractivity contribution in [3.8, 4) is 0 Å². The van der Waals surface area contributed by atoms with Gasteiger partial charge in [-0.15, -0.1) is 0 Å². The molecular formula is C18H20N6OS. The maximum absolute atomic E-state index is 12.4. The normalized spacial score (nSPS) is 10.9. The van der Waals surface area contributed by atoms with Gasteiger partial charge in [-0.25, -0.2) is 9.97 Å². The summed E-state index contributed by atoms with van der Waals surface area (Å²) < 4.78 is 4.17. The van der Waals surface area contributed by atoms with Gasteiger partial charge in [-0.1, -0.05) is 12.1 Å². The molecule has 0 aliphatic rings. The number of anilines is 2. The van der Waals surface area contributed by atoms with Gasteiger partial charge in [0.25, 0.3) is 5.91 Å². The zero-order chi connectivity index (χ0) is 18.5. The van der Waals surface area contributed by atoms with E-state index < -0.39 is 0 Å². The van der Waals surface area contributed by atoms with E-state index in [-0.39, 0.29) is 11.9 Å². The summed E-state index contributed by atoms with van der Waals surface area (Å²) in [5.74, 6) is 0.135. The van der Waals surface area contributed by atoms with Crippen LogP contribution in [0.3, 0.4) is 0 Å². The van der Waals surface area contributed by atoms with Gasteiger partial charge in [0.2, 0.25) is 5.95 Å². The molecule has 0 saturated carbocycles. The number of benzene rings is 1. The molecule has 0 atom stereocenters. The summed E-state index contributed by atoms with van der Waals surface area (Å²) in [5, 5.41) is 3.63. The van der Waals surface area contributed by atoms with E-state index in [1.165, 1.54) is 11.5 Å². The molecule has 0 unspecified atom stereocenters. The van der Waals surface area contributed by atoms with Gasteiger partial charge in [-0.2, -0.15) is 4.37 Å². The first-order valence-corrected chi connectivity index (χ1v) is 8.85. The molecule has 0 saturated heterocycles. The van der Waals surface area contributed by atoms with Crippen LogP contribution in [0.15, 0.2) is 42.7 Å². The standard InChI is InChI=1S/C18H20N6OS/c1-12-6-16(26-23-12)22-17(25)15-5-3-4-13(7-15)10-24(2)11-14-8-20-18(19)21-9-14/h3-9H,10-11H2,1-2H3,(H,22,25)(H2,19,20,21). The summed E-state index contributed by atoms with van der Waals surface area (Å²) >= 11 is 1.28. The Morgan fingerprint density at radius 2 is 1.92 bits per heavy atom. The van der Waals surface area contributed by atoms with Gasteiger partial charge in [0.15, 0.2) is 0 Å². The van der Waals surface area contributed by atoms with Crippen molar-refractivity contribution in [2.75, 3.05) is 18.1 Å². The summed E-state index contributed by atoms with van der Waals surface area (Å²) in [5.41, 5.74) is 9.06. The Hall–Kier alpha value is -2.84. The Morgan fingerprint density at radius 3 is 2.62 bits per heavy atom. The lowest BCUT2D eigenvalue weighted by atomic mass is 10.1. The number of nitrogen functional groups attached to an aromatic ring is 1. The zero-order valence-electron chi connectivity index (χ0n) is 14.6. The highest BCUT2D eigenvalue weighted by Gasteiger charge is 2.10. The number of carbonyl (C=O) groups is 1. The summed E-state index contributed by atoms with van der Waals surface area (Å²) in [4.78, 5) is 22.5. The number of aryl methyl sites for hydroxylation is 1. The second kappa shape index (κ2) is 8.03. The molecule has 3 rings (SSSR count). The van der Waals surface area contributed by atoms with Gasteiger partial charge in [-0.3, -0.25) is 9.69 Å². The van der Waals surface area contributed by atoms with Crippen molar-refractivity contribution in [3.63, 3.8) is 0 Å². The van der Waals surface area contributed by atoms with E-state index in [1.807, 2.05) is 38.2 Å². The molecule has 0 radical (unpaired) electrons. The third kappa shape index (κ3) is 4.84. The molecule has 1 aromatic carbocycles. The second-order valence-corrected chi connectivity index (χ2v) is 6.91. The van der Waals surface area contributed by atoms with Gasteiger partial charge in [0.05, 0.1) is 5.69 Å². The van der Waals surface area contributed by atoms with Crippen LogP contribution in [0.5, 0.6) is 0 Å². The molecule has 0 aliphatic carbocycles. The Kier molecular flexibility index (Phi) is 5.55. The van der Waals surface area contributed by atoms with Crippen LogP contribution >= 0.6 is 11.5 Å². The lowest BCUT2D eigenvalue weighted by Crippen LogP contribution is -2.18. The zero-order valence-corrected chi connectivity index (χ0v) is 15.5. The van der Waals surface area contributed by atoms with Gasteiger partial charge in [0, 0.05) is 36.6 Å². The SMILES string of the molecule is Cc1cc(NC(=O)c2cccc(CN(C)Cc3cnc(N)nc3)c2)sn1. The molecule has 2 heterocycles. The van der Waals surface area contributed by atoms with Crippen molar-refractivity contribution in [2.45, 2.75) is 20.0 Å². The number of aromatic nitrogens is 3. The topological polar surface area (TPSA) is 97.0 Å². The predicted molar refractivity (Wildman–Crippen MR) is 103 cm³/mol. The fourth-order valence-electron chi connectivity index (χ4n) is 2.54. The molecule has 0 bridgehead atoms. The third-order valence-corrected chi connectivity index (χ3v) is 4.48. The largest absolute Gasteiger partial charge is 0.368 e. The Balaban J connectivity index is 1.62. The number of carbonyl (C=O) groups excluding carboxylic acids is 1. The number of nitrogens with two attached hydrogens (primary N) is 1. The quantitative estimate of drug-likeness (QED) is 0.694. The van der Waals surface area contributed by atoms with Crippen LogP contribution in [0.1, 0.15) is 27.2 Å². The number of hydrogen-bond acceptors (Lipinski definition) is 7. The average molecular weight is 368 g/mol. The van der Waals surface area contributed by atoms with Crippen LogP contribution < -0.4 is 11.1 Å². The smallest absolute Gasteiger partial charge is 0.256 e. The van der Waals surface area contributed by atoms with Crippen LogP contribution in [-0.4, -0.2) is 32.2 Å². The van der Waals surface area contributed by atoms with Crippen LogP contribution in [0.2, 0.25) is 0 Å². The van der Waals surface area contributed by atoms with Gasteiger partial charge in [0.1, 0.15) is 5.00 Å². The number of nitrogens with zero attached hydrogens (tertiary/aromatic N) is 4. The molecule has 7 nitrogen and oxygen atoms in total. The van der Waals surface area contributed by atoms with E-state index in [1.54, 1.807) is 18.5 Å².